The highest BCUT2D eigenvalue weighted by Gasteiger charge is 2.21. The molecule has 1 saturated carbocycles. The monoisotopic (exact) mass is 207 g/mol. The molecule has 2 heteroatoms. The zero-order valence-electron chi connectivity index (χ0n) is 9.59. The largest absolute Gasteiger partial charge is 0.388 e. The van der Waals surface area contributed by atoms with Crippen molar-refractivity contribution in [3.8, 4) is 0 Å². The van der Waals surface area contributed by atoms with Crippen molar-refractivity contribution in [3.63, 3.8) is 0 Å². The highest BCUT2D eigenvalue weighted by molar-refractivity contribution is 5.92. The summed E-state index contributed by atoms with van der Waals surface area (Å²) < 4.78 is 0. The van der Waals surface area contributed by atoms with E-state index in [0.29, 0.717) is 6.42 Å². The quantitative estimate of drug-likeness (QED) is 0.771. The summed E-state index contributed by atoms with van der Waals surface area (Å²) in [5.41, 5.74) is 1.16. The third-order valence-corrected chi connectivity index (χ3v) is 3.86. The third-order valence-electron chi connectivity index (χ3n) is 3.86. The van der Waals surface area contributed by atoms with Crippen LogP contribution in [0.1, 0.15) is 45.4 Å². The Bertz CT molecular complexity index is 270. The van der Waals surface area contributed by atoms with Gasteiger partial charge in [-0.15, -0.1) is 0 Å². The number of hydrogen-bond acceptors (Lipinski definition) is 2. The number of carbonyl (C=O) groups excluding carboxylic acids is 1. The Kier molecular flexibility index (Phi) is 3.45. The number of allylic oxidation sites excluding steroid dienone is 2. The summed E-state index contributed by atoms with van der Waals surface area (Å²) in [5, 5.41) is 3.45. The second kappa shape index (κ2) is 4.82. The van der Waals surface area contributed by atoms with E-state index in [1.807, 2.05) is 0 Å². The van der Waals surface area contributed by atoms with Crippen molar-refractivity contribution in [1.29, 1.82) is 0 Å². The van der Waals surface area contributed by atoms with E-state index in [1.165, 1.54) is 25.7 Å². The van der Waals surface area contributed by atoms with Crippen LogP contribution in [0.5, 0.6) is 0 Å². The van der Waals surface area contributed by atoms with Crippen LogP contribution in [0.15, 0.2) is 11.8 Å². The summed E-state index contributed by atoms with van der Waals surface area (Å²) in [6, 6.07) is 0. The molecule has 0 aliphatic heterocycles. The minimum Gasteiger partial charge on any atom is -0.388 e. The maximum Gasteiger partial charge on any atom is 0.157 e. The highest BCUT2D eigenvalue weighted by atomic mass is 16.1. The van der Waals surface area contributed by atoms with Gasteiger partial charge in [-0.2, -0.15) is 0 Å². The number of carbonyl (C=O) groups is 1. The van der Waals surface area contributed by atoms with Crippen molar-refractivity contribution in [1.82, 2.24) is 5.32 Å². The van der Waals surface area contributed by atoms with Gasteiger partial charge in [0.25, 0.3) is 0 Å². The fourth-order valence-electron chi connectivity index (χ4n) is 2.69. The number of nitrogens with one attached hydrogen (secondary N) is 1. The average Bonchev–Trinajstić information content (AvgIpc) is 2.63. The van der Waals surface area contributed by atoms with Gasteiger partial charge in [0.1, 0.15) is 0 Å². The molecule has 1 N–H and O–H groups in total. The van der Waals surface area contributed by atoms with E-state index in [9.17, 15) is 4.79 Å². The first-order valence-corrected chi connectivity index (χ1v) is 6.23. The van der Waals surface area contributed by atoms with Gasteiger partial charge in [0.05, 0.1) is 0 Å². The average molecular weight is 207 g/mol. The standard InChI is InChI=1S/C13H21NO/c1-10-4-2-3-5-11(10)9-14-12-6-7-13(15)8-12/h8,10-11,14H,2-7,9H2,1H3. The molecule has 2 aliphatic rings. The molecule has 2 unspecified atom stereocenters. The zero-order chi connectivity index (χ0) is 10.7. The smallest absolute Gasteiger partial charge is 0.157 e. The molecule has 2 aliphatic carbocycles. The van der Waals surface area contributed by atoms with Crippen LogP contribution >= 0.6 is 0 Å². The van der Waals surface area contributed by atoms with Crippen LogP contribution in [0.25, 0.3) is 0 Å². The molecule has 84 valence electrons. The van der Waals surface area contributed by atoms with Crippen molar-refractivity contribution >= 4 is 5.78 Å². The van der Waals surface area contributed by atoms with E-state index in [4.69, 9.17) is 0 Å². The van der Waals surface area contributed by atoms with E-state index in [2.05, 4.69) is 12.2 Å². The maximum absolute atomic E-state index is 11.1. The SMILES string of the molecule is CC1CCCCC1CNC1=CC(=O)CC1. The summed E-state index contributed by atoms with van der Waals surface area (Å²) in [6.07, 6.45) is 8.95. The molecular formula is C13H21NO. The van der Waals surface area contributed by atoms with Gasteiger partial charge >= 0.3 is 0 Å². The number of rotatable bonds is 3. The molecule has 0 aromatic heterocycles. The van der Waals surface area contributed by atoms with Crippen molar-refractivity contribution in [2.45, 2.75) is 45.4 Å². The fourth-order valence-corrected chi connectivity index (χ4v) is 2.69. The molecule has 1 fully saturated rings. The Morgan fingerprint density at radius 3 is 2.80 bits per heavy atom. The summed E-state index contributed by atoms with van der Waals surface area (Å²) in [4.78, 5) is 11.1. The molecule has 0 heterocycles. The zero-order valence-corrected chi connectivity index (χ0v) is 9.59. The lowest BCUT2D eigenvalue weighted by Gasteiger charge is -2.29. The van der Waals surface area contributed by atoms with E-state index >= 15 is 0 Å². The number of hydrogen-bond donors (Lipinski definition) is 1. The topological polar surface area (TPSA) is 29.1 Å². The Morgan fingerprint density at radius 1 is 1.33 bits per heavy atom. The van der Waals surface area contributed by atoms with Gasteiger partial charge in [0.15, 0.2) is 5.78 Å². The summed E-state index contributed by atoms with van der Waals surface area (Å²) >= 11 is 0. The minimum absolute atomic E-state index is 0.286. The fraction of sp³-hybridized carbons (Fsp3) is 0.769. The van der Waals surface area contributed by atoms with Crippen LogP contribution < -0.4 is 5.32 Å². The second-order valence-corrected chi connectivity index (χ2v) is 5.04. The van der Waals surface area contributed by atoms with Crippen molar-refractivity contribution in [2.24, 2.45) is 11.8 Å². The van der Waals surface area contributed by atoms with Crippen LogP contribution in [-0.2, 0) is 4.79 Å². The predicted molar refractivity (Wildman–Crippen MR) is 61.4 cm³/mol. The molecule has 0 spiro atoms. The molecule has 15 heavy (non-hydrogen) atoms. The molecule has 0 radical (unpaired) electrons. The molecule has 0 aromatic rings. The molecular weight excluding hydrogens is 186 g/mol. The first kappa shape index (κ1) is 10.7. The van der Waals surface area contributed by atoms with E-state index in [-0.39, 0.29) is 5.78 Å². The lowest BCUT2D eigenvalue weighted by molar-refractivity contribution is -0.114. The Morgan fingerprint density at radius 2 is 2.13 bits per heavy atom. The van der Waals surface area contributed by atoms with Gasteiger partial charge in [-0.1, -0.05) is 26.2 Å². The van der Waals surface area contributed by atoms with E-state index in [1.54, 1.807) is 6.08 Å². The molecule has 2 nitrogen and oxygen atoms in total. The van der Waals surface area contributed by atoms with E-state index in [0.717, 1.165) is 30.5 Å². The van der Waals surface area contributed by atoms with Crippen LogP contribution in [0.3, 0.4) is 0 Å². The first-order chi connectivity index (χ1) is 7.25. The number of ketones is 1. The molecule has 0 aromatic carbocycles. The summed E-state index contributed by atoms with van der Waals surface area (Å²) in [6.45, 7) is 3.43. The van der Waals surface area contributed by atoms with Crippen LogP contribution in [0.4, 0.5) is 0 Å². The van der Waals surface area contributed by atoms with Gasteiger partial charge < -0.3 is 5.32 Å². The van der Waals surface area contributed by atoms with Gasteiger partial charge in [0, 0.05) is 24.7 Å². The highest BCUT2D eigenvalue weighted by Crippen LogP contribution is 2.29. The van der Waals surface area contributed by atoms with Crippen LogP contribution in [0, 0.1) is 11.8 Å². The summed E-state index contributed by atoms with van der Waals surface area (Å²) in [7, 11) is 0. The minimum atomic E-state index is 0.286. The maximum atomic E-state index is 11.1. The first-order valence-electron chi connectivity index (χ1n) is 6.23. The Labute approximate surface area is 92.1 Å². The normalized spacial score (nSPS) is 31.5. The van der Waals surface area contributed by atoms with Gasteiger partial charge in [-0.3, -0.25) is 4.79 Å². The van der Waals surface area contributed by atoms with Crippen LogP contribution in [0.2, 0.25) is 0 Å². The predicted octanol–water partition coefficient (Wildman–Crippen LogP) is 2.65. The van der Waals surface area contributed by atoms with E-state index < -0.39 is 0 Å². The molecule has 0 saturated heterocycles. The third kappa shape index (κ3) is 2.83. The van der Waals surface area contributed by atoms with Crippen LogP contribution in [-0.4, -0.2) is 12.3 Å². The molecule has 0 bridgehead atoms. The Hall–Kier alpha value is -0.790. The lowest BCUT2D eigenvalue weighted by Crippen LogP contribution is -2.28. The lowest BCUT2D eigenvalue weighted by atomic mass is 9.80. The molecule has 2 rings (SSSR count). The molecule has 0 amide bonds. The second-order valence-electron chi connectivity index (χ2n) is 5.04. The van der Waals surface area contributed by atoms with Crippen molar-refractivity contribution in [3.05, 3.63) is 11.8 Å². The van der Waals surface area contributed by atoms with Gasteiger partial charge in [0.2, 0.25) is 0 Å². The summed E-state index contributed by atoms with van der Waals surface area (Å²) in [5.74, 6) is 1.95. The molecule has 2 atom stereocenters. The van der Waals surface area contributed by atoms with Gasteiger partial charge in [-0.05, 0) is 24.7 Å². The van der Waals surface area contributed by atoms with Gasteiger partial charge in [-0.25, -0.2) is 0 Å². The van der Waals surface area contributed by atoms with Crippen molar-refractivity contribution in [2.75, 3.05) is 6.54 Å². The van der Waals surface area contributed by atoms with Crippen molar-refractivity contribution < 1.29 is 4.79 Å². The Balaban J connectivity index is 1.77.